The van der Waals surface area contributed by atoms with Crippen molar-refractivity contribution in [2.45, 2.75) is 92.3 Å². The highest BCUT2D eigenvalue weighted by molar-refractivity contribution is 7.51. The highest BCUT2D eigenvalue weighted by atomic mass is 31.2. The summed E-state index contributed by atoms with van der Waals surface area (Å²) in [5.41, 5.74) is 12.9. The lowest BCUT2D eigenvalue weighted by Gasteiger charge is -2.23. The minimum atomic E-state index is -3.72. The van der Waals surface area contributed by atoms with Crippen LogP contribution in [0.2, 0.25) is 0 Å². The van der Waals surface area contributed by atoms with Crippen LogP contribution in [0.4, 0.5) is 0 Å². The van der Waals surface area contributed by atoms with Crippen molar-refractivity contribution < 1.29 is 13.6 Å². The predicted octanol–water partition coefficient (Wildman–Crippen LogP) is 7.98. The van der Waals surface area contributed by atoms with Crippen LogP contribution in [0.1, 0.15) is 112 Å². The lowest BCUT2D eigenvalue weighted by Crippen LogP contribution is -2.11. The van der Waals surface area contributed by atoms with Crippen LogP contribution < -0.4 is 5.50 Å². The van der Waals surface area contributed by atoms with E-state index in [1.54, 1.807) is 0 Å². The second-order valence-corrected chi connectivity index (χ2v) is 11.1. The average molecular weight is 446 g/mol. The molecular formula is C26H40NO3P. The van der Waals surface area contributed by atoms with Gasteiger partial charge < -0.3 is 0 Å². The molecule has 5 heteroatoms. The summed E-state index contributed by atoms with van der Waals surface area (Å²) in [7, 11) is -3.72. The Morgan fingerprint density at radius 1 is 0.645 bits per heavy atom. The Bertz CT molecular complexity index is 795. The van der Waals surface area contributed by atoms with Crippen molar-refractivity contribution in [3.05, 3.63) is 69.8 Å². The maximum atomic E-state index is 13.0. The molecule has 0 aliphatic rings. The maximum Gasteiger partial charge on any atom is 0.403 e. The quantitative estimate of drug-likeness (QED) is 0.377. The lowest BCUT2D eigenvalue weighted by atomic mass is 9.89. The summed E-state index contributed by atoms with van der Waals surface area (Å²) in [6.45, 7) is 17.6. The van der Waals surface area contributed by atoms with Gasteiger partial charge in [0.25, 0.3) is 0 Å². The summed E-state index contributed by atoms with van der Waals surface area (Å²) in [5.74, 6) is 1.34. The van der Waals surface area contributed by atoms with E-state index in [4.69, 9.17) is 14.6 Å². The van der Waals surface area contributed by atoms with Crippen LogP contribution in [-0.4, -0.2) is 0 Å². The number of hydrogen-bond acceptors (Lipinski definition) is 3. The molecule has 0 aromatic heterocycles. The van der Waals surface area contributed by atoms with Gasteiger partial charge in [0.2, 0.25) is 0 Å². The Kier molecular flexibility index (Phi) is 9.09. The Morgan fingerprint density at radius 3 is 1.13 bits per heavy atom. The van der Waals surface area contributed by atoms with Crippen molar-refractivity contribution in [3.8, 4) is 0 Å². The zero-order chi connectivity index (χ0) is 23.3. The summed E-state index contributed by atoms with van der Waals surface area (Å²) in [5, 5.41) is 0. The molecule has 2 aromatic rings. The van der Waals surface area contributed by atoms with Crippen LogP contribution in [0.25, 0.3) is 0 Å². The Balaban J connectivity index is 2.23. The first-order valence-corrected chi connectivity index (χ1v) is 13.0. The van der Waals surface area contributed by atoms with Gasteiger partial charge in [0, 0.05) is 0 Å². The van der Waals surface area contributed by atoms with Gasteiger partial charge in [0.15, 0.2) is 0 Å². The second kappa shape index (κ2) is 10.9. The second-order valence-electron chi connectivity index (χ2n) is 9.54. The molecule has 2 N–H and O–H groups in total. The third-order valence-electron chi connectivity index (χ3n) is 5.76. The molecule has 2 rings (SSSR count). The largest absolute Gasteiger partial charge is 0.403 e. The molecule has 0 saturated carbocycles. The van der Waals surface area contributed by atoms with Gasteiger partial charge in [-0.15, -0.1) is 0 Å². The summed E-state index contributed by atoms with van der Waals surface area (Å²) >= 11 is 0. The molecule has 0 unspecified atom stereocenters. The van der Waals surface area contributed by atoms with E-state index in [-0.39, 0.29) is 13.2 Å². The fourth-order valence-corrected chi connectivity index (χ4v) is 4.78. The molecule has 0 bridgehead atoms. The minimum Gasteiger partial charge on any atom is -0.292 e. The molecule has 0 aliphatic heterocycles. The summed E-state index contributed by atoms with van der Waals surface area (Å²) in [4.78, 5) is 0. The van der Waals surface area contributed by atoms with E-state index in [1.807, 2.05) is 0 Å². The number of nitrogens with two attached hydrogens (primary N) is 1. The van der Waals surface area contributed by atoms with Crippen LogP contribution in [0.3, 0.4) is 0 Å². The summed E-state index contributed by atoms with van der Waals surface area (Å²) < 4.78 is 24.5. The van der Waals surface area contributed by atoms with Gasteiger partial charge >= 0.3 is 7.75 Å². The highest BCUT2D eigenvalue weighted by Gasteiger charge is 2.24. The fraction of sp³-hybridized carbons (Fsp3) is 0.538. The molecule has 0 amide bonds. The molecule has 4 nitrogen and oxygen atoms in total. The maximum absolute atomic E-state index is 13.0. The van der Waals surface area contributed by atoms with Crippen molar-refractivity contribution in [2.75, 3.05) is 0 Å². The van der Waals surface area contributed by atoms with Gasteiger partial charge in [-0.1, -0.05) is 91.8 Å². The minimum absolute atomic E-state index is 0.179. The van der Waals surface area contributed by atoms with Gasteiger partial charge in [-0.2, -0.15) is 0 Å². The zero-order valence-corrected chi connectivity index (χ0v) is 21.3. The highest BCUT2D eigenvalue weighted by Crippen LogP contribution is 2.43. The standard InChI is InChI=1S/C26H40NO3P/c1-17(2)21-11-9-12-22(18(3)4)25(21)15-29-31(27,28)30-16-26-23(19(5)6)13-10-14-24(26)20(7)8/h9-14,17-20H,15-16H2,1-8H3,(H2,27,28). The Morgan fingerprint density at radius 2 is 0.903 bits per heavy atom. The molecule has 31 heavy (non-hydrogen) atoms. The number of hydrogen-bond donors (Lipinski definition) is 1. The lowest BCUT2D eigenvalue weighted by molar-refractivity contribution is 0.189. The summed E-state index contributed by atoms with van der Waals surface area (Å²) in [6, 6.07) is 12.6. The Hall–Kier alpha value is -1.45. The van der Waals surface area contributed by atoms with E-state index in [0.717, 1.165) is 11.1 Å². The normalized spacial score (nSPS) is 12.5. The smallest absolute Gasteiger partial charge is 0.292 e. The summed E-state index contributed by atoms with van der Waals surface area (Å²) in [6.07, 6.45) is 0. The fourth-order valence-electron chi connectivity index (χ4n) is 4.09. The number of benzene rings is 2. The van der Waals surface area contributed by atoms with Gasteiger partial charge in [-0.3, -0.25) is 9.05 Å². The molecule has 0 aliphatic carbocycles. The van der Waals surface area contributed by atoms with Gasteiger partial charge in [-0.05, 0) is 57.1 Å². The van der Waals surface area contributed by atoms with Crippen molar-refractivity contribution in [3.63, 3.8) is 0 Å². The topological polar surface area (TPSA) is 61.5 Å². The first-order chi connectivity index (χ1) is 14.4. The monoisotopic (exact) mass is 445 g/mol. The van der Waals surface area contributed by atoms with Crippen molar-refractivity contribution in [1.29, 1.82) is 0 Å². The van der Waals surface area contributed by atoms with Gasteiger partial charge in [0.1, 0.15) is 0 Å². The molecule has 0 radical (unpaired) electrons. The zero-order valence-electron chi connectivity index (χ0n) is 20.4. The number of rotatable bonds is 10. The van der Waals surface area contributed by atoms with E-state index in [9.17, 15) is 4.57 Å². The van der Waals surface area contributed by atoms with Crippen LogP contribution in [-0.2, 0) is 26.8 Å². The SMILES string of the molecule is CC(C)c1cccc(C(C)C)c1COP(N)(=O)OCc1c(C(C)C)cccc1C(C)C. The molecule has 2 aromatic carbocycles. The Labute approximate surface area is 189 Å². The van der Waals surface area contributed by atoms with Gasteiger partial charge in [-0.25, -0.2) is 10.1 Å². The molecule has 0 spiro atoms. The van der Waals surface area contributed by atoms with Gasteiger partial charge in [0.05, 0.1) is 13.2 Å². The van der Waals surface area contributed by atoms with E-state index in [1.165, 1.54) is 22.3 Å². The van der Waals surface area contributed by atoms with Crippen LogP contribution in [0.15, 0.2) is 36.4 Å². The van der Waals surface area contributed by atoms with Crippen molar-refractivity contribution >= 4 is 7.75 Å². The van der Waals surface area contributed by atoms with E-state index in [0.29, 0.717) is 23.7 Å². The third kappa shape index (κ3) is 6.76. The third-order valence-corrected chi connectivity index (χ3v) is 6.74. The van der Waals surface area contributed by atoms with Crippen LogP contribution >= 0.6 is 7.75 Å². The molecule has 0 atom stereocenters. The average Bonchev–Trinajstić information content (AvgIpc) is 2.69. The predicted molar refractivity (Wildman–Crippen MR) is 131 cm³/mol. The molecule has 0 heterocycles. The van der Waals surface area contributed by atoms with E-state index < -0.39 is 7.75 Å². The molecule has 172 valence electrons. The van der Waals surface area contributed by atoms with Crippen LogP contribution in [0.5, 0.6) is 0 Å². The van der Waals surface area contributed by atoms with E-state index >= 15 is 0 Å². The molecule has 0 fully saturated rings. The first kappa shape index (κ1) is 25.8. The van der Waals surface area contributed by atoms with Crippen molar-refractivity contribution in [1.82, 2.24) is 0 Å². The van der Waals surface area contributed by atoms with Crippen molar-refractivity contribution in [2.24, 2.45) is 5.50 Å². The first-order valence-electron chi connectivity index (χ1n) is 11.4. The van der Waals surface area contributed by atoms with E-state index in [2.05, 4.69) is 91.8 Å². The van der Waals surface area contributed by atoms with Crippen LogP contribution in [0, 0.1) is 0 Å². The molecular weight excluding hydrogens is 405 g/mol. The molecule has 0 saturated heterocycles.